The molecule has 0 unspecified atom stereocenters. The molecule has 0 aliphatic carbocycles. The Bertz CT molecular complexity index is 405. The van der Waals surface area contributed by atoms with Gasteiger partial charge in [-0.1, -0.05) is 6.92 Å². The monoisotopic (exact) mass is 256 g/mol. The number of piperidine rings is 1. The number of halogens is 1. The van der Waals surface area contributed by atoms with Crippen molar-refractivity contribution in [2.75, 3.05) is 13.1 Å². The van der Waals surface area contributed by atoms with E-state index < -0.39 is 0 Å². The number of hydrogen-bond acceptors (Lipinski definition) is 3. The summed E-state index contributed by atoms with van der Waals surface area (Å²) in [5, 5.41) is 0.239. The fourth-order valence-corrected chi connectivity index (χ4v) is 2.58. The zero-order valence-electron chi connectivity index (χ0n) is 9.86. The van der Waals surface area contributed by atoms with E-state index in [1.54, 1.807) is 12.1 Å². The number of amides is 1. The molecule has 2 atom stereocenters. The van der Waals surface area contributed by atoms with Crippen molar-refractivity contribution in [1.82, 2.24) is 4.90 Å². The second-order valence-corrected chi connectivity index (χ2v) is 4.90. The first-order valence-electron chi connectivity index (χ1n) is 5.90. The van der Waals surface area contributed by atoms with Crippen LogP contribution >= 0.6 is 11.6 Å². The van der Waals surface area contributed by atoms with Gasteiger partial charge in [0.05, 0.1) is 0 Å². The van der Waals surface area contributed by atoms with E-state index in [0.717, 1.165) is 19.4 Å². The molecule has 0 bridgehead atoms. The average molecular weight is 257 g/mol. The molecule has 1 fully saturated rings. The number of carbonyl (C=O) groups is 1. The van der Waals surface area contributed by atoms with Gasteiger partial charge in [0.1, 0.15) is 0 Å². The Balaban J connectivity index is 2.17. The smallest absolute Gasteiger partial charge is 0.289 e. The average Bonchev–Trinajstić information content (AvgIpc) is 2.74. The number of nitrogens with two attached hydrogens (primary N) is 1. The van der Waals surface area contributed by atoms with Crippen LogP contribution in [0.2, 0.25) is 5.22 Å². The van der Waals surface area contributed by atoms with Gasteiger partial charge in [-0.05, 0) is 42.5 Å². The molecule has 1 saturated heterocycles. The Morgan fingerprint density at radius 1 is 1.65 bits per heavy atom. The lowest BCUT2D eigenvalue weighted by molar-refractivity contribution is 0.0501. The molecule has 2 rings (SSSR count). The summed E-state index contributed by atoms with van der Waals surface area (Å²) in [6.07, 6.45) is 2.13. The SMILES string of the molecule is C[C@@H]1CCCN(C(=O)c2ccc(Cl)o2)[C@@H]1CN. The van der Waals surface area contributed by atoms with Crippen LogP contribution in [0.15, 0.2) is 16.5 Å². The molecule has 2 heterocycles. The Kier molecular flexibility index (Phi) is 3.74. The number of hydrogen-bond donors (Lipinski definition) is 1. The highest BCUT2D eigenvalue weighted by molar-refractivity contribution is 6.29. The largest absolute Gasteiger partial charge is 0.440 e. The second kappa shape index (κ2) is 5.10. The summed E-state index contributed by atoms with van der Waals surface area (Å²) in [4.78, 5) is 14.1. The van der Waals surface area contributed by atoms with Crippen LogP contribution in [0.3, 0.4) is 0 Å². The van der Waals surface area contributed by atoms with Gasteiger partial charge in [0, 0.05) is 19.1 Å². The third kappa shape index (κ3) is 2.48. The molecular weight excluding hydrogens is 240 g/mol. The molecule has 1 aromatic heterocycles. The quantitative estimate of drug-likeness (QED) is 0.882. The fourth-order valence-electron chi connectivity index (χ4n) is 2.43. The van der Waals surface area contributed by atoms with E-state index in [4.69, 9.17) is 21.8 Å². The van der Waals surface area contributed by atoms with Crippen molar-refractivity contribution in [3.63, 3.8) is 0 Å². The molecular formula is C12H17ClN2O2. The number of likely N-dealkylation sites (tertiary alicyclic amines) is 1. The normalized spacial score (nSPS) is 25.0. The maximum atomic E-state index is 12.2. The molecule has 2 N–H and O–H groups in total. The minimum atomic E-state index is -0.112. The molecule has 1 aliphatic heterocycles. The predicted octanol–water partition coefficient (Wildman–Crippen LogP) is 2.13. The first kappa shape index (κ1) is 12.5. The van der Waals surface area contributed by atoms with Gasteiger partial charge in [0.2, 0.25) is 0 Å². The van der Waals surface area contributed by atoms with Crippen LogP contribution in [0, 0.1) is 5.92 Å². The van der Waals surface area contributed by atoms with E-state index in [0.29, 0.717) is 18.2 Å². The number of nitrogens with zero attached hydrogens (tertiary/aromatic N) is 1. The minimum absolute atomic E-state index is 0.0973. The van der Waals surface area contributed by atoms with Gasteiger partial charge in [-0.3, -0.25) is 4.79 Å². The van der Waals surface area contributed by atoms with Crippen molar-refractivity contribution in [2.24, 2.45) is 11.7 Å². The second-order valence-electron chi connectivity index (χ2n) is 4.52. The Hall–Kier alpha value is -1.00. The first-order valence-corrected chi connectivity index (χ1v) is 6.27. The predicted molar refractivity (Wildman–Crippen MR) is 66.0 cm³/mol. The van der Waals surface area contributed by atoms with E-state index in [1.165, 1.54) is 0 Å². The Morgan fingerprint density at radius 2 is 2.41 bits per heavy atom. The van der Waals surface area contributed by atoms with Gasteiger partial charge in [-0.2, -0.15) is 0 Å². The van der Waals surface area contributed by atoms with E-state index in [2.05, 4.69) is 6.92 Å². The lowest BCUT2D eigenvalue weighted by Gasteiger charge is -2.38. The molecule has 1 amide bonds. The van der Waals surface area contributed by atoms with Crippen LogP contribution in [-0.4, -0.2) is 29.9 Å². The summed E-state index contributed by atoms with van der Waals surface area (Å²) >= 11 is 5.68. The molecule has 94 valence electrons. The molecule has 0 aromatic carbocycles. The van der Waals surface area contributed by atoms with Crippen LogP contribution in [-0.2, 0) is 0 Å². The highest BCUT2D eigenvalue weighted by Crippen LogP contribution is 2.25. The highest BCUT2D eigenvalue weighted by Gasteiger charge is 2.32. The number of rotatable bonds is 2. The third-order valence-corrected chi connectivity index (χ3v) is 3.61. The summed E-state index contributed by atoms with van der Waals surface area (Å²) in [5.41, 5.74) is 5.75. The van der Waals surface area contributed by atoms with Crippen molar-refractivity contribution >= 4 is 17.5 Å². The van der Waals surface area contributed by atoms with Crippen LogP contribution in [0.25, 0.3) is 0 Å². The van der Waals surface area contributed by atoms with Crippen molar-refractivity contribution in [3.8, 4) is 0 Å². The summed E-state index contributed by atoms with van der Waals surface area (Å²) in [7, 11) is 0. The third-order valence-electron chi connectivity index (χ3n) is 3.40. The maximum absolute atomic E-state index is 12.2. The van der Waals surface area contributed by atoms with E-state index in [-0.39, 0.29) is 17.2 Å². The van der Waals surface area contributed by atoms with Crippen molar-refractivity contribution in [2.45, 2.75) is 25.8 Å². The minimum Gasteiger partial charge on any atom is -0.440 e. The highest BCUT2D eigenvalue weighted by atomic mass is 35.5. The molecule has 0 radical (unpaired) electrons. The van der Waals surface area contributed by atoms with Gasteiger partial charge in [-0.15, -0.1) is 0 Å². The topological polar surface area (TPSA) is 59.5 Å². The number of furan rings is 1. The molecule has 1 aromatic rings. The molecule has 0 spiro atoms. The zero-order valence-corrected chi connectivity index (χ0v) is 10.6. The van der Waals surface area contributed by atoms with Crippen LogP contribution < -0.4 is 5.73 Å². The Labute approximate surface area is 106 Å². The first-order chi connectivity index (χ1) is 8.13. The molecule has 5 heteroatoms. The summed E-state index contributed by atoms with van der Waals surface area (Å²) < 4.78 is 5.16. The maximum Gasteiger partial charge on any atom is 0.289 e. The van der Waals surface area contributed by atoms with E-state index >= 15 is 0 Å². The van der Waals surface area contributed by atoms with Crippen molar-refractivity contribution in [1.29, 1.82) is 0 Å². The van der Waals surface area contributed by atoms with Crippen molar-refractivity contribution in [3.05, 3.63) is 23.1 Å². The fraction of sp³-hybridized carbons (Fsp3) is 0.583. The standard InChI is InChI=1S/C12H17ClN2O2/c1-8-3-2-6-15(9(8)7-14)12(16)10-4-5-11(13)17-10/h4-5,8-9H,2-3,6-7,14H2,1H3/t8-,9-/m1/s1. The van der Waals surface area contributed by atoms with Crippen LogP contribution in [0.1, 0.15) is 30.3 Å². The van der Waals surface area contributed by atoms with Gasteiger partial charge in [-0.25, -0.2) is 0 Å². The number of carbonyl (C=O) groups excluding carboxylic acids is 1. The summed E-state index contributed by atoms with van der Waals surface area (Å²) in [6.45, 7) is 3.36. The van der Waals surface area contributed by atoms with Gasteiger partial charge in [0.25, 0.3) is 5.91 Å². The molecule has 0 saturated carbocycles. The van der Waals surface area contributed by atoms with Crippen LogP contribution in [0.5, 0.6) is 0 Å². The van der Waals surface area contributed by atoms with Crippen LogP contribution in [0.4, 0.5) is 0 Å². The molecule has 4 nitrogen and oxygen atoms in total. The lowest BCUT2D eigenvalue weighted by atomic mass is 9.90. The Morgan fingerprint density at radius 3 is 3.00 bits per heavy atom. The van der Waals surface area contributed by atoms with Gasteiger partial charge < -0.3 is 15.1 Å². The molecule has 1 aliphatic rings. The molecule has 17 heavy (non-hydrogen) atoms. The van der Waals surface area contributed by atoms with Gasteiger partial charge in [0.15, 0.2) is 11.0 Å². The lowest BCUT2D eigenvalue weighted by Crippen LogP contribution is -2.51. The van der Waals surface area contributed by atoms with Gasteiger partial charge >= 0.3 is 0 Å². The zero-order chi connectivity index (χ0) is 12.4. The van der Waals surface area contributed by atoms with E-state index in [9.17, 15) is 4.79 Å². The van der Waals surface area contributed by atoms with Crippen molar-refractivity contribution < 1.29 is 9.21 Å². The van der Waals surface area contributed by atoms with E-state index in [1.807, 2.05) is 4.90 Å². The summed E-state index contributed by atoms with van der Waals surface area (Å²) in [6, 6.07) is 3.29. The summed E-state index contributed by atoms with van der Waals surface area (Å²) in [5.74, 6) is 0.615.